The Balaban J connectivity index is 3.20. The molecule has 0 unspecified atom stereocenters. The van der Waals surface area contributed by atoms with Crippen molar-refractivity contribution >= 4 is 21.2 Å². The number of sulfone groups is 1. The Bertz CT molecular complexity index is 270. The quantitative estimate of drug-likeness (QED) is 0.614. The van der Waals surface area contributed by atoms with Crippen molar-refractivity contribution in [3.05, 3.63) is 16.8 Å². The average Bonchev–Trinajstić information content (AvgIpc) is 2.08. The van der Waals surface area contributed by atoms with Gasteiger partial charge in [-0.3, -0.25) is 0 Å². The molecular weight excluding hydrogens is 156 g/mol. The van der Waals surface area contributed by atoms with Crippen molar-refractivity contribution in [3.63, 3.8) is 0 Å². The molecule has 0 spiro atoms. The van der Waals surface area contributed by atoms with Gasteiger partial charge in [-0.05, 0) is 6.07 Å². The molecule has 0 aliphatic rings. The number of hydrogen-bond acceptors (Lipinski definition) is 3. The van der Waals surface area contributed by atoms with Crippen molar-refractivity contribution in [3.8, 4) is 0 Å². The first-order chi connectivity index (χ1) is 4.11. The largest absolute Gasteiger partial charge is 0.224 e. The summed E-state index contributed by atoms with van der Waals surface area (Å²) in [5.74, 6) is 0. The highest BCUT2D eigenvalue weighted by atomic mass is 32.2. The van der Waals surface area contributed by atoms with Crippen molar-refractivity contribution in [1.82, 2.24) is 0 Å². The molecule has 1 aromatic heterocycles. The van der Waals surface area contributed by atoms with Gasteiger partial charge >= 0.3 is 0 Å². The van der Waals surface area contributed by atoms with E-state index in [-0.39, 0.29) is 0 Å². The minimum Gasteiger partial charge on any atom is -0.224 e. The zero-order chi connectivity index (χ0) is 6.91. The first kappa shape index (κ1) is 6.77. The van der Waals surface area contributed by atoms with Crippen molar-refractivity contribution < 1.29 is 8.42 Å². The Labute approximate surface area is 58.1 Å². The molecular formula is C5H5O2S2. The lowest BCUT2D eigenvalue weighted by molar-refractivity contribution is 0.602. The third kappa shape index (κ3) is 1.53. The number of rotatable bonds is 1. The van der Waals surface area contributed by atoms with Crippen LogP contribution in [0, 0.1) is 5.38 Å². The molecule has 2 nitrogen and oxygen atoms in total. The maximum atomic E-state index is 10.7. The van der Waals surface area contributed by atoms with Gasteiger partial charge in [0, 0.05) is 17.0 Å². The fourth-order valence-electron chi connectivity index (χ4n) is 0.413. The van der Waals surface area contributed by atoms with Crippen molar-refractivity contribution in [1.29, 1.82) is 0 Å². The summed E-state index contributed by atoms with van der Waals surface area (Å²) in [7, 11) is -2.98. The van der Waals surface area contributed by atoms with Crippen LogP contribution in [0.4, 0.5) is 0 Å². The van der Waals surface area contributed by atoms with E-state index in [1.807, 2.05) is 0 Å². The van der Waals surface area contributed by atoms with E-state index >= 15 is 0 Å². The summed E-state index contributed by atoms with van der Waals surface area (Å²) < 4.78 is 21.4. The van der Waals surface area contributed by atoms with Gasteiger partial charge in [0.1, 0.15) is 0 Å². The Morgan fingerprint density at radius 2 is 2.33 bits per heavy atom. The maximum Gasteiger partial charge on any atom is 0.176 e. The van der Waals surface area contributed by atoms with Crippen LogP contribution in [0.2, 0.25) is 0 Å². The molecule has 1 radical (unpaired) electrons. The van der Waals surface area contributed by atoms with E-state index in [9.17, 15) is 8.42 Å². The molecule has 1 heterocycles. The lowest BCUT2D eigenvalue weighted by Crippen LogP contribution is -1.92. The van der Waals surface area contributed by atoms with Crippen molar-refractivity contribution in [2.24, 2.45) is 0 Å². The molecule has 0 atom stereocenters. The SMILES string of the molecule is CS(=O)(=O)c1c[c]sc1. The molecule has 0 aliphatic heterocycles. The van der Waals surface area contributed by atoms with Crippen LogP contribution in [-0.2, 0) is 9.84 Å². The molecule has 0 bridgehead atoms. The van der Waals surface area contributed by atoms with E-state index in [2.05, 4.69) is 5.38 Å². The van der Waals surface area contributed by atoms with Crippen LogP contribution in [0.5, 0.6) is 0 Å². The molecule has 9 heavy (non-hydrogen) atoms. The Hall–Kier alpha value is -0.350. The predicted molar refractivity (Wildman–Crippen MR) is 36.3 cm³/mol. The molecule has 0 aromatic carbocycles. The molecule has 0 amide bonds. The molecule has 4 heteroatoms. The summed E-state index contributed by atoms with van der Waals surface area (Å²) in [5.41, 5.74) is 0. The average molecular weight is 161 g/mol. The van der Waals surface area contributed by atoms with Crippen LogP contribution < -0.4 is 0 Å². The minimum absolute atomic E-state index is 0.354. The number of thiophene rings is 1. The standard InChI is InChI=1S/C5H5O2S2/c1-9(6,7)5-2-3-8-4-5/h2,4H,1H3. The van der Waals surface area contributed by atoms with E-state index in [0.29, 0.717) is 4.90 Å². The van der Waals surface area contributed by atoms with E-state index < -0.39 is 9.84 Å². The predicted octanol–water partition coefficient (Wildman–Crippen LogP) is 0.952. The van der Waals surface area contributed by atoms with Gasteiger partial charge in [0.05, 0.1) is 4.90 Å². The molecule has 1 aromatic rings. The van der Waals surface area contributed by atoms with E-state index in [0.717, 1.165) is 0 Å². The lowest BCUT2D eigenvalue weighted by atomic mass is 10.7. The highest BCUT2D eigenvalue weighted by molar-refractivity contribution is 7.90. The molecule has 0 N–H and O–H groups in total. The summed E-state index contributed by atoms with van der Waals surface area (Å²) in [4.78, 5) is 0.354. The van der Waals surface area contributed by atoms with Gasteiger partial charge in [-0.1, -0.05) is 0 Å². The molecule has 0 aliphatic carbocycles. The van der Waals surface area contributed by atoms with Crippen LogP contribution in [0.25, 0.3) is 0 Å². The first-order valence-corrected chi connectivity index (χ1v) is 5.02. The highest BCUT2D eigenvalue weighted by Crippen LogP contribution is 2.10. The van der Waals surface area contributed by atoms with Gasteiger partial charge in [-0.15, -0.1) is 11.3 Å². The third-order valence-electron chi connectivity index (χ3n) is 0.872. The molecule has 1 rings (SSSR count). The fourth-order valence-corrected chi connectivity index (χ4v) is 2.05. The second-order valence-electron chi connectivity index (χ2n) is 1.67. The van der Waals surface area contributed by atoms with E-state index in [1.54, 1.807) is 5.38 Å². The summed E-state index contributed by atoms with van der Waals surface area (Å²) >= 11 is 1.26. The summed E-state index contributed by atoms with van der Waals surface area (Å²) in [6, 6.07) is 1.47. The monoisotopic (exact) mass is 161 g/mol. The topological polar surface area (TPSA) is 34.1 Å². The Morgan fingerprint density at radius 1 is 1.67 bits per heavy atom. The summed E-state index contributed by atoms with van der Waals surface area (Å²) in [6.07, 6.45) is 1.18. The zero-order valence-electron chi connectivity index (χ0n) is 4.79. The molecule has 0 saturated carbocycles. The molecule has 49 valence electrons. The van der Waals surface area contributed by atoms with Gasteiger partial charge in [0.2, 0.25) is 0 Å². The smallest absolute Gasteiger partial charge is 0.176 e. The minimum atomic E-state index is -2.98. The Kier molecular flexibility index (Phi) is 1.59. The highest BCUT2D eigenvalue weighted by Gasteiger charge is 2.04. The van der Waals surface area contributed by atoms with Crippen LogP contribution in [-0.4, -0.2) is 14.7 Å². The van der Waals surface area contributed by atoms with Gasteiger partial charge in [0.25, 0.3) is 0 Å². The zero-order valence-corrected chi connectivity index (χ0v) is 6.42. The Morgan fingerprint density at radius 3 is 2.56 bits per heavy atom. The van der Waals surface area contributed by atoms with Gasteiger partial charge in [-0.2, -0.15) is 0 Å². The van der Waals surface area contributed by atoms with Crippen LogP contribution in [0.3, 0.4) is 0 Å². The van der Waals surface area contributed by atoms with E-state index in [1.165, 1.54) is 23.7 Å². The van der Waals surface area contributed by atoms with Crippen molar-refractivity contribution in [2.75, 3.05) is 6.26 Å². The van der Waals surface area contributed by atoms with Gasteiger partial charge in [0.15, 0.2) is 9.84 Å². The van der Waals surface area contributed by atoms with Gasteiger partial charge in [-0.25, -0.2) is 8.42 Å². The second kappa shape index (κ2) is 2.11. The summed E-state index contributed by atoms with van der Waals surface area (Å²) in [5, 5.41) is 4.26. The lowest BCUT2D eigenvalue weighted by Gasteiger charge is -1.86. The van der Waals surface area contributed by atoms with Gasteiger partial charge < -0.3 is 0 Å². The van der Waals surface area contributed by atoms with Crippen LogP contribution >= 0.6 is 11.3 Å². The van der Waals surface area contributed by atoms with E-state index in [4.69, 9.17) is 0 Å². The maximum absolute atomic E-state index is 10.7. The summed E-state index contributed by atoms with van der Waals surface area (Å²) in [6.45, 7) is 0. The normalized spacial score (nSPS) is 11.7. The van der Waals surface area contributed by atoms with Crippen LogP contribution in [0.15, 0.2) is 16.3 Å². The third-order valence-corrected chi connectivity index (χ3v) is 2.74. The molecule has 0 saturated heterocycles. The first-order valence-electron chi connectivity index (χ1n) is 2.25. The second-order valence-corrected chi connectivity index (χ2v) is 4.40. The van der Waals surface area contributed by atoms with Crippen LogP contribution in [0.1, 0.15) is 0 Å². The fraction of sp³-hybridized carbons (Fsp3) is 0.200. The van der Waals surface area contributed by atoms with Crippen molar-refractivity contribution in [2.45, 2.75) is 4.90 Å². The molecule has 0 fully saturated rings. The number of hydrogen-bond donors (Lipinski definition) is 0.